The second-order valence-electron chi connectivity index (χ2n) is 6.63. The van der Waals surface area contributed by atoms with Crippen LogP contribution in [0.3, 0.4) is 0 Å². The van der Waals surface area contributed by atoms with Gasteiger partial charge in [0.1, 0.15) is 5.01 Å². The van der Waals surface area contributed by atoms with Gasteiger partial charge in [-0.25, -0.2) is 4.98 Å². The lowest BCUT2D eigenvalue weighted by atomic mass is 10.1. The van der Waals surface area contributed by atoms with Crippen molar-refractivity contribution in [2.45, 2.75) is 13.5 Å². The highest BCUT2D eigenvalue weighted by atomic mass is 32.1. The Kier molecular flexibility index (Phi) is 5.35. The topological polar surface area (TPSA) is 71.1 Å². The Bertz CT molecular complexity index is 1170. The molecule has 0 aliphatic heterocycles. The maximum atomic E-state index is 12.7. The van der Waals surface area contributed by atoms with E-state index in [1.54, 1.807) is 41.7 Å². The van der Waals surface area contributed by atoms with Crippen molar-refractivity contribution >= 4 is 39.1 Å². The van der Waals surface area contributed by atoms with E-state index in [0.29, 0.717) is 23.4 Å². The molecule has 1 aromatic heterocycles. The third kappa shape index (κ3) is 4.33. The summed E-state index contributed by atoms with van der Waals surface area (Å²) in [6.07, 6.45) is 0. The fourth-order valence-electron chi connectivity index (χ4n) is 3.02. The highest BCUT2D eigenvalue weighted by Gasteiger charge is 2.15. The smallest absolute Gasteiger partial charge is 0.255 e. The Labute approximate surface area is 172 Å². The molecule has 0 saturated heterocycles. The number of hydrogen-bond donors (Lipinski definition) is 2. The predicted molar refractivity (Wildman–Crippen MR) is 116 cm³/mol. The first-order valence-corrected chi connectivity index (χ1v) is 10.0. The third-order valence-electron chi connectivity index (χ3n) is 4.44. The van der Waals surface area contributed by atoms with Gasteiger partial charge in [-0.2, -0.15) is 0 Å². The van der Waals surface area contributed by atoms with Gasteiger partial charge in [0.05, 0.1) is 28.0 Å². The molecule has 0 unspecified atom stereocenters. The monoisotopic (exact) mass is 401 g/mol. The summed E-state index contributed by atoms with van der Waals surface area (Å²) in [4.78, 5) is 29.8. The lowest BCUT2D eigenvalue weighted by Gasteiger charge is -2.11. The molecule has 144 valence electrons. The zero-order valence-electron chi connectivity index (χ0n) is 15.8. The first-order valence-electron chi connectivity index (χ1n) is 9.20. The number of carbonyl (C=O) groups is 2. The van der Waals surface area contributed by atoms with Crippen molar-refractivity contribution in [2.24, 2.45) is 0 Å². The number of anilines is 1. The van der Waals surface area contributed by atoms with E-state index in [2.05, 4.69) is 15.6 Å². The van der Waals surface area contributed by atoms with E-state index in [4.69, 9.17) is 0 Å². The molecule has 0 fully saturated rings. The predicted octanol–water partition coefficient (Wildman–Crippen LogP) is 4.79. The van der Waals surface area contributed by atoms with Gasteiger partial charge in [0.2, 0.25) is 0 Å². The molecule has 4 rings (SSSR count). The van der Waals surface area contributed by atoms with Gasteiger partial charge in [0, 0.05) is 5.56 Å². The van der Waals surface area contributed by atoms with Gasteiger partial charge in [-0.3, -0.25) is 9.59 Å². The number of para-hydroxylation sites is 2. The average Bonchev–Trinajstić information content (AvgIpc) is 3.15. The van der Waals surface area contributed by atoms with Gasteiger partial charge in [0.25, 0.3) is 11.8 Å². The largest absolute Gasteiger partial charge is 0.345 e. The van der Waals surface area contributed by atoms with Crippen LogP contribution in [0.25, 0.3) is 10.2 Å². The number of benzene rings is 3. The number of nitrogens with zero attached hydrogens (tertiary/aromatic N) is 1. The van der Waals surface area contributed by atoms with E-state index in [-0.39, 0.29) is 11.8 Å². The summed E-state index contributed by atoms with van der Waals surface area (Å²) >= 11 is 1.55. The number of aryl methyl sites for hydroxylation is 1. The maximum absolute atomic E-state index is 12.7. The Balaban J connectivity index is 1.48. The SMILES string of the molecule is Cc1cccc(C(=O)Nc2ccccc2C(=O)NCc2nc3ccccc3s2)c1. The highest BCUT2D eigenvalue weighted by Crippen LogP contribution is 2.22. The van der Waals surface area contributed by atoms with Crippen LogP contribution in [0.15, 0.2) is 72.8 Å². The van der Waals surface area contributed by atoms with Crippen molar-refractivity contribution in [1.29, 1.82) is 0 Å². The second kappa shape index (κ2) is 8.24. The first kappa shape index (κ1) is 18.8. The van der Waals surface area contributed by atoms with E-state index in [0.717, 1.165) is 20.8 Å². The lowest BCUT2D eigenvalue weighted by molar-refractivity contribution is 0.0951. The summed E-state index contributed by atoms with van der Waals surface area (Å²) in [5, 5.41) is 6.57. The van der Waals surface area contributed by atoms with Crippen LogP contribution in [0.1, 0.15) is 31.3 Å². The summed E-state index contributed by atoms with van der Waals surface area (Å²) in [6, 6.07) is 22.2. The van der Waals surface area contributed by atoms with Crippen LogP contribution in [-0.2, 0) is 6.54 Å². The Morgan fingerprint density at radius 2 is 1.72 bits per heavy atom. The number of thiazole rings is 1. The molecule has 5 nitrogen and oxygen atoms in total. The molecule has 0 aliphatic carbocycles. The average molecular weight is 401 g/mol. The lowest BCUT2D eigenvalue weighted by Crippen LogP contribution is -2.24. The van der Waals surface area contributed by atoms with Crippen LogP contribution in [0.5, 0.6) is 0 Å². The van der Waals surface area contributed by atoms with Crippen molar-refractivity contribution in [3.05, 3.63) is 94.5 Å². The van der Waals surface area contributed by atoms with E-state index in [1.165, 1.54) is 0 Å². The Morgan fingerprint density at radius 3 is 2.55 bits per heavy atom. The van der Waals surface area contributed by atoms with E-state index < -0.39 is 0 Å². The molecule has 0 spiro atoms. The maximum Gasteiger partial charge on any atom is 0.255 e. The van der Waals surface area contributed by atoms with Crippen LogP contribution in [0.4, 0.5) is 5.69 Å². The summed E-state index contributed by atoms with van der Waals surface area (Å²) in [5.41, 5.74) is 3.36. The van der Waals surface area contributed by atoms with Crippen LogP contribution in [0, 0.1) is 6.92 Å². The van der Waals surface area contributed by atoms with Crippen LogP contribution < -0.4 is 10.6 Å². The molecular weight excluding hydrogens is 382 g/mol. The minimum absolute atomic E-state index is 0.250. The summed E-state index contributed by atoms with van der Waals surface area (Å²) < 4.78 is 1.09. The molecule has 2 amide bonds. The van der Waals surface area contributed by atoms with E-state index in [9.17, 15) is 9.59 Å². The fourth-order valence-corrected chi connectivity index (χ4v) is 3.92. The molecule has 3 aromatic carbocycles. The van der Waals surface area contributed by atoms with Crippen LogP contribution in [0.2, 0.25) is 0 Å². The summed E-state index contributed by atoms with van der Waals surface area (Å²) in [7, 11) is 0. The van der Waals surface area contributed by atoms with Crippen molar-refractivity contribution in [2.75, 3.05) is 5.32 Å². The van der Waals surface area contributed by atoms with Crippen LogP contribution >= 0.6 is 11.3 Å². The molecule has 0 saturated carbocycles. The summed E-state index contributed by atoms with van der Waals surface area (Å²) in [6.45, 7) is 2.26. The Morgan fingerprint density at radius 1 is 0.931 bits per heavy atom. The third-order valence-corrected chi connectivity index (χ3v) is 5.47. The van der Waals surface area contributed by atoms with E-state index in [1.807, 2.05) is 49.4 Å². The standard InChI is InChI=1S/C23H19N3O2S/c1-15-7-6-8-16(13-15)22(27)26-18-10-3-2-9-17(18)23(28)24-14-21-25-19-11-4-5-12-20(19)29-21/h2-13H,14H2,1H3,(H,24,28)(H,26,27). The summed E-state index contributed by atoms with van der Waals surface area (Å²) in [5.74, 6) is -0.510. The number of nitrogens with one attached hydrogen (secondary N) is 2. The van der Waals surface area contributed by atoms with E-state index >= 15 is 0 Å². The normalized spacial score (nSPS) is 10.7. The molecule has 0 radical (unpaired) electrons. The quantitative estimate of drug-likeness (QED) is 0.505. The number of fused-ring (bicyclic) bond motifs is 1. The molecule has 1 heterocycles. The van der Waals surface area contributed by atoms with Crippen molar-refractivity contribution in [1.82, 2.24) is 10.3 Å². The molecule has 29 heavy (non-hydrogen) atoms. The molecule has 6 heteroatoms. The Hall–Kier alpha value is -3.51. The van der Waals surface area contributed by atoms with Gasteiger partial charge >= 0.3 is 0 Å². The second-order valence-corrected chi connectivity index (χ2v) is 7.74. The zero-order valence-corrected chi connectivity index (χ0v) is 16.6. The van der Waals surface area contributed by atoms with Gasteiger partial charge in [-0.05, 0) is 43.3 Å². The van der Waals surface area contributed by atoms with Crippen molar-refractivity contribution < 1.29 is 9.59 Å². The minimum Gasteiger partial charge on any atom is -0.345 e. The zero-order chi connectivity index (χ0) is 20.2. The molecule has 0 aliphatic rings. The molecule has 0 bridgehead atoms. The molecular formula is C23H19N3O2S. The number of amides is 2. The van der Waals surface area contributed by atoms with Crippen molar-refractivity contribution in [3.63, 3.8) is 0 Å². The first-order chi connectivity index (χ1) is 14.1. The van der Waals surface area contributed by atoms with Crippen LogP contribution in [-0.4, -0.2) is 16.8 Å². The number of rotatable bonds is 5. The van der Waals surface area contributed by atoms with Crippen molar-refractivity contribution in [3.8, 4) is 0 Å². The van der Waals surface area contributed by atoms with Gasteiger partial charge in [0.15, 0.2) is 0 Å². The minimum atomic E-state index is -0.260. The van der Waals surface area contributed by atoms with Gasteiger partial charge in [-0.1, -0.05) is 42.0 Å². The molecule has 0 atom stereocenters. The number of carbonyl (C=O) groups excluding carboxylic acids is 2. The number of hydrogen-bond acceptors (Lipinski definition) is 4. The molecule has 4 aromatic rings. The van der Waals surface area contributed by atoms with Gasteiger partial charge in [-0.15, -0.1) is 11.3 Å². The van der Waals surface area contributed by atoms with Gasteiger partial charge < -0.3 is 10.6 Å². The fraction of sp³-hybridized carbons (Fsp3) is 0.0870. The molecule has 2 N–H and O–H groups in total. The highest BCUT2D eigenvalue weighted by molar-refractivity contribution is 7.18. The number of aromatic nitrogens is 1.